The lowest BCUT2D eigenvalue weighted by Gasteiger charge is -2.37. The highest BCUT2D eigenvalue weighted by Crippen LogP contribution is 2.35. The van der Waals surface area contributed by atoms with Gasteiger partial charge in [-0.15, -0.1) is 0 Å². The summed E-state index contributed by atoms with van der Waals surface area (Å²) in [6.45, 7) is 1.05. The first kappa shape index (κ1) is 17.6. The van der Waals surface area contributed by atoms with Gasteiger partial charge in [0.05, 0.1) is 21.5 Å². The Bertz CT molecular complexity index is 809. The highest BCUT2D eigenvalue weighted by molar-refractivity contribution is 6.42. The van der Waals surface area contributed by atoms with Crippen LogP contribution >= 0.6 is 23.2 Å². The minimum atomic E-state index is -0.526. The van der Waals surface area contributed by atoms with Crippen LogP contribution in [0.3, 0.4) is 0 Å². The number of hydrogen-bond acceptors (Lipinski definition) is 2. The summed E-state index contributed by atoms with van der Waals surface area (Å²) >= 11 is 11.9. The highest BCUT2D eigenvalue weighted by atomic mass is 35.5. The number of nitriles is 1. The standard InChI is InChI=1S/C19H17Cl2N3O/c20-16-7-6-15(12-17(16)21)23-18(25)24-10-8-19(13-22,9-11-24)14-4-2-1-3-5-14/h1-7,12H,8-11H2,(H,23,25). The predicted octanol–water partition coefficient (Wildman–Crippen LogP) is 5.08. The molecule has 25 heavy (non-hydrogen) atoms. The second-order valence-electron chi connectivity index (χ2n) is 6.11. The van der Waals surface area contributed by atoms with E-state index in [-0.39, 0.29) is 6.03 Å². The van der Waals surface area contributed by atoms with Crippen LogP contribution in [0.15, 0.2) is 48.5 Å². The number of hydrogen-bond donors (Lipinski definition) is 1. The molecule has 1 aliphatic heterocycles. The maximum atomic E-state index is 12.5. The van der Waals surface area contributed by atoms with E-state index in [1.54, 1.807) is 23.1 Å². The third-order valence-corrected chi connectivity index (χ3v) is 5.35. The molecule has 2 aromatic carbocycles. The first-order valence-electron chi connectivity index (χ1n) is 8.02. The number of nitrogens with zero attached hydrogens (tertiary/aromatic N) is 2. The summed E-state index contributed by atoms with van der Waals surface area (Å²) in [5.41, 5.74) is 1.09. The summed E-state index contributed by atoms with van der Waals surface area (Å²) < 4.78 is 0. The van der Waals surface area contributed by atoms with Crippen LogP contribution < -0.4 is 5.32 Å². The second-order valence-corrected chi connectivity index (χ2v) is 6.92. The Morgan fingerprint density at radius 2 is 1.76 bits per heavy atom. The molecule has 0 aromatic heterocycles. The first-order valence-corrected chi connectivity index (χ1v) is 8.77. The lowest BCUT2D eigenvalue weighted by Crippen LogP contribution is -2.46. The maximum Gasteiger partial charge on any atom is 0.321 e. The third-order valence-electron chi connectivity index (χ3n) is 4.62. The van der Waals surface area contributed by atoms with Gasteiger partial charge in [-0.05, 0) is 36.6 Å². The van der Waals surface area contributed by atoms with E-state index in [9.17, 15) is 10.1 Å². The molecule has 0 spiro atoms. The Morgan fingerprint density at radius 1 is 1.08 bits per heavy atom. The summed E-state index contributed by atoms with van der Waals surface area (Å²) in [6.07, 6.45) is 1.23. The van der Waals surface area contributed by atoms with Crippen LogP contribution in [-0.2, 0) is 5.41 Å². The Kier molecular flexibility index (Phi) is 5.17. The average Bonchev–Trinajstić information content (AvgIpc) is 2.65. The Hall–Kier alpha value is -2.22. The number of benzene rings is 2. The number of carbonyl (C=O) groups is 1. The van der Waals surface area contributed by atoms with Gasteiger partial charge in [0, 0.05) is 18.8 Å². The molecule has 1 heterocycles. The van der Waals surface area contributed by atoms with Crippen LogP contribution in [-0.4, -0.2) is 24.0 Å². The summed E-state index contributed by atoms with van der Waals surface area (Å²) in [6, 6.07) is 17.0. The second kappa shape index (κ2) is 7.35. The number of anilines is 1. The smallest absolute Gasteiger partial charge is 0.321 e. The molecule has 128 valence electrons. The van der Waals surface area contributed by atoms with Crippen LogP contribution in [0, 0.1) is 11.3 Å². The quantitative estimate of drug-likeness (QED) is 0.797. The fourth-order valence-electron chi connectivity index (χ4n) is 3.09. The van der Waals surface area contributed by atoms with Crippen LogP contribution in [0.1, 0.15) is 18.4 Å². The molecule has 1 N–H and O–H groups in total. The van der Waals surface area contributed by atoms with Crippen molar-refractivity contribution in [2.75, 3.05) is 18.4 Å². The SMILES string of the molecule is N#CC1(c2ccccc2)CCN(C(=O)Nc2ccc(Cl)c(Cl)c2)CC1. The van der Waals surface area contributed by atoms with Gasteiger partial charge >= 0.3 is 6.03 Å². The van der Waals surface area contributed by atoms with Gasteiger partial charge in [0.1, 0.15) is 0 Å². The van der Waals surface area contributed by atoms with Crippen LogP contribution in [0.4, 0.5) is 10.5 Å². The van der Waals surface area contributed by atoms with Gasteiger partial charge in [-0.1, -0.05) is 53.5 Å². The molecular formula is C19H17Cl2N3O. The molecule has 0 saturated carbocycles. The zero-order chi connectivity index (χ0) is 17.9. The van der Waals surface area contributed by atoms with E-state index in [0.717, 1.165) is 5.56 Å². The maximum absolute atomic E-state index is 12.5. The van der Waals surface area contributed by atoms with Crippen molar-refractivity contribution in [2.24, 2.45) is 0 Å². The number of nitrogens with one attached hydrogen (secondary N) is 1. The highest BCUT2D eigenvalue weighted by Gasteiger charge is 2.37. The number of likely N-dealkylation sites (tertiary alicyclic amines) is 1. The average molecular weight is 374 g/mol. The molecule has 3 rings (SSSR count). The molecule has 0 unspecified atom stereocenters. The van der Waals surface area contributed by atoms with Crippen molar-refractivity contribution >= 4 is 34.9 Å². The van der Waals surface area contributed by atoms with Crippen LogP contribution in [0.5, 0.6) is 0 Å². The van der Waals surface area contributed by atoms with Crippen molar-refractivity contribution in [3.63, 3.8) is 0 Å². The molecule has 1 aliphatic rings. The van der Waals surface area contributed by atoms with E-state index in [1.807, 2.05) is 30.3 Å². The van der Waals surface area contributed by atoms with E-state index < -0.39 is 5.41 Å². The third kappa shape index (κ3) is 3.73. The van der Waals surface area contributed by atoms with Crippen molar-refractivity contribution in [1.82, 2.24) is 4.90 Å². The predicted molar refractivity (Wildman–Crippen MR) is 100 cm³/mol. The summed E-state index contributed by atoms with van der Waals surface area (Å²) in [4.78, 5) is 14.2. The summed E-state index contributed by atoms with van der Waals surface area (Å²) in [5.74, 6) is 0. The molecule has 0 atom stereocenters. The van der Waals surface area contributed by atoms with Gasteiger partial charge in [0.25, 0.3) is 0 Å². The van der Waals surface area contributed by atoms with Gasteiger partial charge in [-0.25, -0.2) is 4.79 Å². The van der Waals surface area contributed by atoms with Crippen molar-refractivity contribution in [3.05, 3.63) is 64.1 Å². The fraction of sp³-hybridized carbons (Fsp3) is 0.263. The number of carbonyl (C=O) groups excluding carboxylic acids is 1. The van der Waals surface area contributed by atoms with Crippen LogP contribution in [0.2, 0.25) is 10.0 Å². The van der Waals surface area contributed by atoms with E-state index >= 15 is 0 Å². The minimum absolute atomic E-state index is 0.196. The van der Waals surface area contributed by atoms with Gasteiger partial charge < -0.3 is 10.2 Å². The summed E-state index contributed by atoms with van der Waals surface area (Å²) in [7, 11) is 0. The Morgan fingerprint density at radius 3 is 2.36 bits per heavy atom. The fourth-order valence-corrected chi connectivity index (χ4v) is 3.39. The van der Waals surface area contributed by atoms with Gasteiger partial charge in [-0.2, -0.15) is 5.26 Å². The molecule has 0 bridgehead atoms. The Labute approximate surface area is 157 Å². The van der Waals surface area contributed by atoms with Crippen molar-refractivity contribution in [1.29, 1.82) is 5.26 Å². The number of halogens is 2. The first-order chi connectivity index (χ1) is 12.0. The Balaban J connectivity index is 1.66. The zero-order valence-corrected chi connectivity index (χ0v) is 15.0. The molecular weight excluding hydrogens is 357 g/mol. The number of rotatable bonds is 2. The van der Waals surface area contributed by atoms with Crippen molar-refractivity contribution in [2.45, 2.75) is 18.3 Å². The zero-order valence-electron chi connectivity index (χ0n) is 13.5. The lowest BCUT2D eigenvalue weighted by molar-refractivity contribution is 0.183. The molecule has 0 radical (unpaired) electrons. The van der Waals surface area contributed by atoms with Gasteiger partial charge in [0.2, 0.25) is 0 Å². The molecule has 2 aromatic rings. The normalized spacial score (nSPS) is 16.1. The van der Waals surface area contributed by atoms with Gasteiger partial charge in [0.15, 0.2) is 0 Å². The summed E-state index contributed by atoms with van der Waals surface area (Å²) in [5, 5.41) is 13.4. The molecule has 1 saturated heterocycles. The van der Waals surface area contributed by atoms with E-state index in [0.29, 0.717) is 41.7 Å². The van der Waals surface area contributed by atoms with Gasteiger partial charge in [-0.3, -0.25) is 0 Å². The molecule has 6 heteroatoms. The lowest BCUT2D eigenvalue weighted by atomic mass is 9.74. The number of amides is 2. The topological polar surface area (TPSA) is 56.1 Å². The van der Waals surface area contributed by atoms with E-state index in [2.05, 4.69) is 11.4 Å². The molecule has 0 aliphatic carbocycles. The van der Waals surface area contributed by atoms with Crippen molar-refractivity contribution < 1.29 is 4.79 Å². The van der Waals surface area contributed by atoms with Crippen LogP contribution in [0.25, 0.3) is 0 Å². The molecule has 1 fully saturated rings. The molecule has 2 amide bonds. The van der Waals surface area contributed by atoms with E-state index in [4.69, 9.17) is 23.2 Å². The van der Waals surface area contributed by atoms with Crippen molar-refractivity contribution in [3.8, 4) is 6.07 Å². The minimum Gasteiger partial charge on any atom is -0.324 e. The number of piperidine rings is 1. The largest absolute Gasteiger partial charge is 0.324 e. The number of urea groups is 1. The van der Waals surface area contributed by atoms with E-state index in [1.165, 1.54) is 0 Å². The molecule has 4 nitrogen and oxygen atoms in total. The monoisotopic (exact) mass is 373 g/mol.